The molecule has 2 aromatic carbocycles. The van der Waals surface area contributed by atoms with Gasteiger partial charge in [-0.15, -0.1) is 0 Å². The lowest BCUT2D eigenvalue weighted by Crippen LogP contribution is -2.17. The summed E-state index contributed by atoms with van der Waals surface area (Å²) in [4.78, 5) is 34.4. The number of carbonyl (C=O) groups excluding carboxylic acids is 1. The molecular weight excluding hydrogens is 336 g/mol. The Morgan fingerprint density at radius 2 is 1.88 bits per heavy atom. The minimum atomic E-state index is -1.19. The third-order valence-electron chi connectivity index (χ3n) is 4.22. The molecule has 0 spiro atoms. The minimum Gasteiger partial charge on any atom is -0.478 e. The number of hydrogen-bond acceptors (Lipinski definition) is 4. The number of aryl methyl sites for hydroxylation is 2. The zero-order valence-electron chi connectivity index (χ0n) is 14.6. The standard InChI is InChI=1S/C19H20N2O5/c1-3-14-15(19(23)24)9-10-16(21(25)26)18(14)20-17(22)11-8-13-7-5-4-6-12(13)2/h4-7,9-10H,3,8,11H2,1-2H3,(H,20,22)(H,23,24). The van der Waals surface area contributed by atoms with Gasteiger partial charge in [0.2, 0.25) is 5.91 Å². The van der Waals surface area contributed by atoms with E-state index in [1.54, 1.807) is 6.92 Å². The van der Waals surface area contributed by atoms with Gasteiger partial charge in [-0.2, -0.15) is 0 Å². The van der Waals surface area contributed by atoms with Gasteiger partial charge in [-0.25, -0.2) is 4.79 Å². The van der Waals surface area contributed by atoms with Crippen LogP contribution in [0, 0.1) is 17.0 Å². The molecular formula is C19H20N2O5. The highest BCUT2D eigenvalue weighted by Gasteiger charge is 2.24. The molecule has 7 nitrogen and oxygen atoms in total. The monoisotopic (exact) mass is 356 g/mol. The molecule has 0 fully saturated rings. The number of rotatable bonds is 7. The molecule has 0 atom stereocenters. The second kappa shape index (κ2) is 8.24. The second-order valence-corrected chi connectivity index (χ2v) is 5.88. The largest absolute Gasteiger partial charge is 0.478 e. The Kier molecular flexibility index (Phi) is 6.06. The number of amides is 1. The van der Waals surface area contributed by atoms with Crippen molar-refractivity contribution in [3.8, 4) is 0 Å². The van der Waals surface area contributed by atoms with Crippen LogP contribution in [0.1, 0.15) is 40.4 Å². The van der Waals surface area contributed by atoms with Crippen LogP contribution in [0.5, 0.6) is 0 Å². The molecule has 0 heterocycles. The van der Waals surface area contributed by atoms with Gasteiger partial charge in [0.1, 0.15) is 5.69 Å². The van der Waals surface area contributed by atoms with E-state index in [1.165, 1.54) is 6.07 Å². The van der Waals surface area contributed by atoms with E-state index in [1.807, 2.05) is 31.2 Å². The van der Waals surface area contributed by atoms with Crippen molar-refractivity contribution in [2.45, 2.75) is 33.1 Å². The van der Waals surface area contributed by atoms with Crippen LogP contribution in [0.15, 0.2) is 36.4 Å². The highest BCUT2D eigenvalue weighted by molar-refractivity contribution is 5.98. The number of benzene rings is 2. The third-order valence-corrected chi connectivity index (χ3v) is 4.22. The van der Waals surface area contributed by atoms with E-state index >= 15 is 0 Å². The minimum absolute atomic E-state index is 0.0350. The number of nitrogens with one attached hydrogen (secondary N) is 1. The van der Waals surface area contributed by atoms with Gasteiger partial charge in [-0.05, 0) is 42.5 Å². The molecule has 26 heavy (non-hydrogen) atoms. The van der Waals surface area contributed by atoms with Crippen LogP contribution in [0.4, 0.5) is 11.4 Å². The first-order valence-corrected chi connectivity index (χ1v) is 8.23. The smallest absolute Gasteiger partial charge is 0.336 e. The molecule has 0 saturated carbocycles. The van der Waals surface area contributed by atoms with Crippen LogP contribution < -0.4 is 5.32 Å². The molecule has 0 aliphatic rings. The topological polar surface area (TPSA) is 110 Å². The summed E-state index contributed by atoms with van der Waals surface area (Å²) in [6.07, 6.45) is 0.881. The van der Waals surface area contributed by atoms with Gasteiger partial charge in [-0.1, -0.05) is 31.2 Å². The summed E-state index contributed by atoms with van der Waals surface area (Å²) < 4.78 is 0. The molecule has 2 rings (SSSR count). The van der Waals surface area contributed by atoms with Gasteiger partial charge in [-0.3, -0.25) is 14.9 Å². The van der Waals surface area contributed by atoms with E-state index in [4.69, 9.17) is 0 Å². The number of hydrogen-bond donors (Lipinski definition) is 2. The molecule has 0 aliphatic heterocycles. The van der Waals surface area contributed by atoms with Gasteiger partial charge in [0.05, 0.1) is 10.5 Å². The van der Waals surface area contributed by atoms with Crippen LogP contribution >= 0.6 is 0 Å². The van der Waals surface area contributed by atoms with Crippen LogP contribution in [-0.2, 0) is 17.6 Å². The maximum Gasteiger partial charge on any atom is 0.336 e. The van der Waals surface area contributed by atoms with Crippen LogP contribution in [0.3, 0.4) is 0 Å². The van der Waals surface area contributed by atoms with E-state index in [9.17, 15) is 24.8 Å². The van der Waals surface area contributed by atoms with Crippen molar-refractivity contribution in [3.05, 3.63) is 68.8 Å². The number of nitro groups is 1. The number of carboxylic acids is 1. The van der Waals surface area contributed by atoms with Crippen molar-refractivity contribution < 1.29 is 19.6 Å². The summed E-state index contributed by atoms with van der Waals surface area (Å²) in [5, 5.41) is 23.1. The molecule has 1 amide bonds. The Bertz CT molecular complexity index is 861. The van der Waals surface area contributed by atoms with Crippen molar-refractivity contribution >= 4 is 23.3 Å². The summed E-state index contributed by atoms with van der Waals surface area (Å²) in [7, 11) is 0. The highest BCUT2D eigenvalue weighted by atomic mass is 16.6. The van der Waals surface area contributed by atoms with Crippen molar-refractivity contribution in [1.29, 1.82) is 0 Å². The Morgan fingerprint density at radius 1 is 1.19 bits per heavy atom. The van der Waals surface area contributed by atoms with E-state index in [0.717, 1.165) is 17.2 Å². The molecule has 136 valence electrons. The number of anilines is 1. The van der Waals surface area contributed by atoms with Crippen LogP contribution in [0.25, 0.3) is 0 Å². The Balaban J connectivity index is 2.27. The molecule has 0 unspecified atom stereocenters. The Hall–Kier alpha value is -3.22. The molecule has 0 saturated heterocycles. The quantitative estimate of drug-likeness (QED) is 0.580. The lowest BCUT2D eigenvalue weighted by atomic mass is 10.0. The van der Waals surface area contributed by atoms with E-state index in [0.29, 0.717) is 6.42 Å². The lowest BCUT2D eigenvalue weighted by Gasteiger charge is -2.13. The summed E-state index contributed by atoms with van der Waals surface area (Å²) in [5.41, 5.74) is 1.94. The van der Waals surface area contributed by atoms with Gasteiger partial charge in [0.25, 0.3) is 5.69 Å². The normalized spacial score (nSPS) is 10.4. The molecule has 2 aromatic rings. The number of nitrogens with zero attached hydrogens (tertiary/aromatic N) is 1. The summed E-state index contributed by atoms with van der Waals surface area (Å²) in [6, 6.07) is 9.98. The molecule has 0 bridgehead atoms. The molecule has 0 radical (unpaired) electrons. The van der Waals surface area contributed by atoms with Crippen LogP contribution in [-0.4, -0.2) is 21.9 Å². The Morgan fingerprint density at radius 3 is 2.46 bits per heavy atom. The molecule has 0 aromatic heterocycles. The number of nitro benzene ring substituents is 1. The number of aromatic carboxylic acids is 1. The summed E-state index contributed by atoms with van der Waals surface area (Å²) in [5.74, 6) is -1.58. The first kappa shape index (κ1) is 19.1. The zero-order valence-corrected chi connectivity index (χ0v) is 14.6. The predicted molar refractivity (Wildman–Crippen MR) is 97.6 cm³/mol. The van der Waals surface area contributed by atoms with Gasteiger partial charge < -0.3 is 10.4 Å². The first-order valence-electron chi connectivity index (χ1n) is 8.23. The fraction of sp³-hybridized carbons (Fsp3) is 0.263. The van der Waals surface area contributed by atoms with Crippen molar-refractivity contribution in [3.63, 3.8) is 0 Å². The van der Waals surface area contributed by atoms with Gasteiger partial charge in [0.15, 0.2) is 0 Å². The fourth-order valence-corrected chi connectivity index (χ4v) is 2.84. The van der Waals surface area contributed by atoms with Gasteiger partial charge >= 0.3 is 5.97 Å². The summed E-state index contributed by atoms with van der Waals surface area (Å²) in [6.45, 7) is 3.64. The SMILES string of the molecule is CCc1c(C(=O)O)ccc([N+](=O)[O-])c1NC(=O)CCc1ccccc1C. The lowest BCUT2D eigenvalue weighted by molar-refractivity contribution is -0.384. The molecule has 0 aliphatic carbocycles. The predicted octanol–water partition coefficient (Wildman–Crippen LogP) is 3.74. The van der Waals surface area contributed by atoms with Crippen LogP contribution in [0.2, 0.25) is 0 Å². The zero-order chi connectivity index (χ0) is 19.3. The number of carbonyl (C=O) groups is 2. The van der Waals surface area contributed by atoms with E-state index < -0.39 is 16.8 Å². The maximum absolute atomic E-state index is 12.3. The highest BCUT2D eigenvalue weighted by Crippen LogP contribution is 2.32. The number of carboxylic acid groups (broad SMARTS) is 1. The average molecular weight is 356 g/mol. The molecule has 2 N–H and O–H groups in total. The Labute approximate surface area is 150 Å². The molecule has 7 heteroatoms. The second-order valence-electron chi connectivity index (χ2n) is 5.88. The fourth-order valence-electron chi connectivity index (χ4n) is 2.84. The average Bonchev–Trinajstić information content (AvgIpc) is 2.60. The maximum atomic E-state index is 12.3. The summed E-state index contributed by atoms with van der Waals surface area (Å²) >= 11 is 0. The van der Waals surface area contributed by atoms with E-state index in [2.05, 4.69) is 5.32 Å². The first-order chi connectivity index (χ1) is 12.3. The third kappa shape index (κ3) is 4.24. The van der Waals surface area contributed by atoms with Crippen molar-refractivity contribution in [2.24, 2.45) is 0 Å². The van der Waals surface area contributed by atoms with Crippen molar-refractivity contribution in [1.82, 2.24) is 0 Å². The van der Waals surface area contributed by atoms with Gasteiger partial charge in [0, 0.05) is 12.5 Å². The van der Waals surface area contributed by atoms with Crippen molar-refractivity contribution in [2.75, 3.05) is 5.32 Å². The van der Waals surface area contributed by atoms with E-state index in [-0.39, 0.29) is 35.3 Å².